The molecule has 0 spiro atoms. The highest BCUT2D eigenvalue weighted by Crippen LogP contribution is 2.35. The topological polar surface area (TPSA) is 92.7 Å². The molecule has 1 aliphatic rings. The molecule has 0 aromatic heterocycles. The maximum atomic E-state index is 12.7. The summed E-state index contributed by atoms with van der Waals surface area (Å²) in [4.78, 5) is 12.0. The minimum atomic E-state index is -3.89. The SMILES string of the molecule is O=C(NO)C1(S(=O)(=O)c2ccccc2)CCOCC1. The van der Waals surface area contributed by atoms with Crippen LogP contribution in [0.5, 0.6) is 0 Å². The van der Waals surface area contributed by atoms with Crippen molar-refractivity contribution in [1.29, 1.82) is 0 Å². The smallest absolute Gasteiger partial charge is 0.265 e. The minimum absolute atomic E-state index is 0.0244. The number of hydrogen-bond acceptors (Lipinski definition) is 5. The molecule has 104 valence electrons. The lowest BCUT2D eigenvalue weighted by Crippen LogP contribution is -2.54. The first-order valence-electron chi connectivity index (χ1n) is 5.86. The number of benzene rings is 1. The van der Waals surface area contributed by atoms with E-state index in [0.29, 0.717) is 0 Å². The molecule has 6 nitrogen and oxygen atoms in total. The van der Waals surface area contributed by atoms with Gasteiger partial charge in [-0.05, 0) is 25.0 Å². The van der Waals surface area contributed by atoms with Crippen molar-refractivity contribution in [3.63, 3.8) is 0 Å². The number of amides is 1. The van der Waals surface area contributed by atoms with Gasteiger partial charge in [-0.2, -0.15) is 0 Å². The van der Waals surface area contributed by atoms with Gasteiger partial charge in [-0.15, -0.1) is 0 Å². The normalized spacial score (nSPS) is 18.8. The van der Waals surface area contributed by atoms with E-state index in [-0.39, 0.29) is 31.0 Å². The Morgan fingerprint density at radius 3 is 2.32 bits per heavy atom. The Kier molecular flexibility index (Phi) is 3.88. The van der Waals surface area contributed by atoms with Crippen molar-refractivity contribution in [2.45, 2.75) is 22.5 Å². The van der Waals surface area contributed by atoms with Gasteiger partial charge in [0.1, 0.15) is 0 Å². The van der Waals surface area contributed by atoms with Crippen LogP contribution in [-0.4, -0.2) is 37.5 Å². The van der Waals surface area contributed by atoms with Gasteiger partial charge in [0.25, 0.3) is 5.91 Å². The fourth-order valence-electron chi connectivity index (χ4n) is 2.25. The molecule has 0 atom stereocenters. The first-order valence-corrected chi connectivity index (χ1v) is 7.35. The zero-order valence-electron chi connectivity index (χ0n) is 10.2. The van der Waals surface area contributed by atoms with Gasteiger partial charge >= 0.3 is 0 Å². The number of hydroxylamine groups is 1. The predicted molar refractivity (Wildman–Crippen MR) is 66.3 cm³/mol. The van der Waals surface area contributed by atoms with Crippen LogP contribution in [0.2, 0.25) is 0 Å². The molecule has 0 unspecified atom stereocenters. The summed E-state index contributed by atoms with van der Waals surface area (Å²) in [6.45, 7) is 0.332. The molecule has 1 amide bonds. The fourth-order valence-corrected chi connectivity index (χ4v) is 4.21. The minimum Gasteiger partial charge on any atom is -0.381 e. The molecule has 1 aliphatic heterocycles. The average Bonchev–Trinajstić information content (AvgIpc) is 2.47. The molecule has 2 N–H and O–H groups in total. The van der Waals surface area contributed by atoms with E-state index < -0.39 is 20.5 Å². The first kappa shape index (κ1) is 14.0. The van der Waals surface area contributed by atoms with Crippen LogP contribution < -0.4 is 5.48 Å². The van der Waals surface area contributed by atoms with Gasteiger partial charge in [0, 0.05) is 13.2 Å². The number of carbonyl (C=O) groups excluding carboxylic acids is 1. The fraction of sp³-hybridized carbons (Fsp3) is 0.417. The molecule has 1 heterocycles. The lowest BCUT2D eigenvalue weighted by molar-refractivity contribution is -0.134. The van der Waals surface area contributed by atoms with Crippen molar-refractivity contribution in [1.82, 2.24) is 5.48 Å². The molecular weight excluding hydrogens is 270 g/mol. The Labute approximate surface area is 111 Å². The van der Waals surface area contributed by atoms with E-state index in [1.54, 1.807) is 18.2 Å². The van der Waals surface area contributed by atoms with Crippen LogP contribution in [0.1, 0.15) is 12.8 Å². The van der Waals surface area contributed by atoms with Crippen LogP contribution in [0.3, 0.4) is 0 Å². The number of carbonyl (C=O) groups is 1. The Balaban J connectivity index is 2.52. The summed E-state index contributed by atoms with van der Waals surface area (Å²) in [5.41, 5.74) is 1.48. The van der Waals surface area contributed by atoms with Gasteiger partial charge in [-0.1, -0.05) is 18.2 Å². The lowest BCUT2D eigenvalue weighted by Gasteiger charge is -2.34. The second kappa shape index (κ2) is 5.28. The third-order valence-corrected chi connectivity index (χ3v) is 5.90. The Morgan fingerprint density at radius 2 is 1.79 bits per heavy atom. The Morgan fingerprint density at radius 1 is 1.21 bits per heavy atom. The molecule has 1 aromatic carbocycles. The van der Waals surface area contributed by atoms with Gasteiger partial charge in [0.2, 0.25) is 0 Å². The van der Waals surface area contributed by atoms with E-state index in [2.05, 4.69) is 0 Å². The molecule has 2 rings (SSSR count). The number of sulfone groups is 1. The van der Waals surface area contributed by atoms with Crippen molar-refractivity contribution in [2.75, 3.05) is 13.2 Å². The molecule has 0 bridgehead atoms. The van der Waals surface area contributed by atoms with Crippen molar-refractivity contribution in [3.05, 3.63) is 30.3 Å². The van der Waals surface area contributed by atoms with Crippen LogP contribution in [-0.2, 0) is 19.4 Å². The third-order valence-electron chi connectivity index (χ3n) is 3.38. The summed E-state index contributed by atoms with van der Waals surface area (Å²) < 4.78 is 28.8. The maximum Gasteiger partial charge on any atom is 0.265 e. The number of nitrogens with one attached hydrogen (secondary N) is 1. The van der Waals surface area contributed by atoms with Crippen molar-refractivity contribution in [2.24, 2.45) is 0 Å². The van der Waals surface area contributed by atoms with Gasteiger partial charge in [-0.25, -0.2) is 13.9 Å². The standard InChI is InChI=1S/C12H15NO5S/c14-11(13-15)12(6-8-18-9-7-12)19(16,17)10-4-2-1-3-5-10/h1-5,15H,6-9H2,(H,13,14). The summed E-state index contributed by atoms with van der Waals surface area (Å²) in [6.07, 6.45) is 0.0489. The molecule has 1 saturated heterocycles. The Hall–Kier alpha value is -1.44. The summed E-state index contributed by atoms with van der Waals surface area (Å²) in [5.74, 6) is -0.903. The van der Waals surface area contributed by atoms with Crippen LogP contribution in [0.15, 0.2) is 35.2 Å². The molecule has 0 radical (unpaired) electrons. The molecule has 7 heteroatoms. The van der Waals surface area contributed by atoms with E-state index >= 15 is 0 Å². The third kappa shape index (κ3) is 2.24. The van der Waals surface area contributed by atoms with E-state index in [0.717, 1.165) is 0 Å². The molecule has 0 saturated carbocycles. The lowest BCUT2D eigenvalue weighted by atomic mass is 9.98. The number of ether oxygens (including phenoxy) is 1. The second-order valence-electron chi connectivity index (χ2n) is 4.36. The maximum absolute atomic E-state index is 12.7. The summed E-state index contributed by atoms with van der Waals surface area (Å²) in [6, 6.07) is 7.77. The van der Waals surface area contributed by atoms with Crippen LogP contribution in [0.25, 0.3) is 0 Å². The van der Waals surface area contributed by atoms with Crippen molar-refractivity contribution >= 4 is 15.7 Å². The monoisotopic (exact) mass is 285 g/mol. The second-order valence-corrected chi connectivity index (χ2v) is 6.62. The summed E-state index contributed by atoms with van der Waals surface area (Å²) in [5, 5.41) is 8.86. The van der Waals surface area contributed by atoms with Gasteiger partial charge in [-0.3, -0.25) is 10.0 Å². The molecular formula is C12H15NO5S. The highest BCUT2D eigenvalue weighted by atomic mass is 32.2. The average molecular weight is 285 g/mol. The van der Waals surface area contributed by atoms with Gasteiger partial charge < -0.3 is 4.74 Å². The zero-order valence-corrected chi connectivity index (χ0v) is 11.0. The van der Waals surface area contributed by atoms with E-state index in [4.69, 9.17) is 9.94 Å². The van der Waals surface area contributed by atoms with Crippen LogP contribution in [0.4, 0.5) is 0 Å². The van der Waals surface area contributed by atoms with Crippen LogP contribution in [0, 0.1) is 0 Å². The molecule has 0 aliphatic carbocycles. The quantitative estimate of drug-likeness (QED) is 0.623. The molecule has 19 heavy (non-hydrogen) atoms. The number of rotatable bonds is 3. The van der Waals surface area contributed by atoms with Crippen molar-refractivity contribution < 1.29 is 23.2 Å². The molecule has 1 fully saturated rings. The summed E-state index contributed by atoms with van der Waals surface area (Å²) in [7, 11) is -3.89. The van der Waals surface area contributed by atoms with Crippen molar-refractivity contribution in [3.8, 4) is 0 Å². The predicted octanol–water partition coefficient (Wildman–Crippen LogP) is 0.515. The van der Waals surface area contributed by atoms with E-state index in [9.17, 15) is 13.2 Å². The largest absolute Gasteiger partial charge is 0.381 e. The zero-order chi connectivity index (χ0) is 13.9. The van der Waals surface area contributed by atoms with E-state index in [1.165, 1.54) is 17.6 Å². The van der Waals surface area contributed by atoms with Gasteiger partial charge in [0.15, 0.2) is 14.6 Å². The highest BCUT2D eigenvalue weighted by Gasteiger charge is 2.52. The Bertz CT molecular complexity index is 549. The molecule has 1 aromatic rings. The van der Waals surface area contributed by atoms with E-state index in [1.807, 2.05) is 0 Å². The highest BCUT2D eigenvalue weighted by molar-refractivity contribution is 7.93. The first-order chi connectivity index (χ1) is 9.04. The summed E-state index contributed by atoms with van der Waals surface area (Å²) >= 11 is 0. The van der Waals surface area contributed by atoms with Gasteiger partial charge in [0.05, 0.1) is 4.90 Å². The number of hydrogen-bond donors (Lipinski definition) is 2. The van der Waals surface area contributed by atoms with Crippen LogP contribution >= 0.6 is 0 Å².